The lowest BCUT2D eigenvalue weighted by molar-refractivity contribution is 0.357. The van der Waals surface area contributed by atoms with Gasteiger partial charge in [0.1, 0.15) is 5.75 Å². The van der Waals surface area contributed by atoms with Crippen LogP contribution in [-0.2, 0) is 6.42 Å². The van der Waals surface area contributed by atoms with Crippen molar-refractivity contribution in [3.63, 3.8) is 0 Å². The van der Waals surface area contributed by atoms with E-state index >= 15 is 0 Å². The van der Waals surface area contributed by atoms with Crippen molar-refractivity contribution in [3.05, 3.63) is 65.2 Å². The Labute approximate surface area is 101 Å². The van der Waals surface area contributed by atoms with Crippen LogP contribution < -0.4 is 4.74 Å². The van der Waals surface area contributed by atoms with Gasteiger partial charge in [0.05, 0.1) is 6.61 Å². The summed E-state index contributed by atoms with van der Waals surface area (Å²) in [6, 6.07) is 16.7. The van der Waals surface area contributed by atoms with Gasteiger partial charge in [0, 0.05) is 6.42 Å². The van der Waals surface area contributed by atoms with E-state index in [-0.39, 0.29) is 0 Å². The van der Waals surface area contributed by atoms with Gasteiger partial charge in [-0.15, -0.1) is 0 Å². The highest BCUT2D eigenvalue weighted by molar-refractivity contribution is 5.70. The van der Waals surface area contributed by atoms with Gasteiger partial charge in [-0.2, -0.15) is 0 Å². The van der Waals surface area contributed by atoms with E-state index in [1.807, 2.05) is 6.07 Å². The minimum atomic E-state index is 0.821. The molecule has 84 valence electrons. The van der Waals surface area contributed by atoms with E-state index < -0.39 is 0 Å². The highest BCUT2D eigenvalue weighted by Crippen LogP contribution is 2.26. The first-order valence-corrected chi connectivity index (χ1v) is 5.91. The van der Waals surface area contributed by atoms with E-state index in [2.05, 4.69) is 54.6 Å². The van der Waals surface area contributed by atoms with Crippen LogP contribution in [-0.4, -0.2) is 6.61 Å². The highest BCUT2D eigenvalue weighted by atomic mass is 16.5. The maximum atomic E-state index is 5.49. The Morgan fingerprint density at radius 2 is 1.71 bits per heavy atom. The van der Waals surface area contributed by atoms with Crippen LogP contribution in [0.1, 0.15) is 16.7 Å². The molecule has 0 amide bonds. The molecule has 0 saturated carbocycles. The number of ether oxygens (including phenoxy) is 1. The maximum Gasteiger partial charge on any atom is 0.122 e. The summed E-state index contributed by atoms with van der Waals surface area (Å²) in [5.74, 6) is 1.04. The number of rotatable bonds is 2. The predicted octanol–water partition coefficient (Wildman–Crippen LogP) is 3.79. The van der Waals surface area contributed by atoms with Gasteiger partial charge >= 0.3 is 0 Å². The van der Waals surface area contributed by atoms with Crippen LogP contribution in [0.25, 0.3) is 12.2 Å². The molecule has 0 spiro atoms. The SMILES string of the molecule is C(=C\c1ccc2c(c1)CCO2)/c1ccccc1. The van der Waals surface area contributed by atoms with Crippen molar-refractivity contribution >= 4 is 12.2 Å². The van der Waals surface area contributed by atoms with Crippen molar-refractivity contribution in [2.24, 2.45) is 0 Å². The van der Waals surface area contributed by atoms with Crippen LogP contribution in [0.4, 0.5) is 0 Å². The molecule has 1 nitrogen and oxygen atoms in total. The third-order valence-electron chi connectivity index (χ3n) is 2.98. The summed E-state index contributed by atoms with van der Waals surface area (Å²) in [5.41, 5.74) is 3.78. The van der Waals surface area contributed by atoms with Gasteiger partial charge in [-0.05, 0) is 28.8 Å². The molecule has 0 N–H and O–H groups in total. The average Bonchev–Trinajstić information content (AvgIpc) is 2.85. The van der Waals surface area contributed by atoms with Crippen molar-refractivity contribution in [1.29, 1.82) is 0 Å². The van der Waals surface area contributed by atoms with Gasteiger partial charge in [0.2, 0.25) is 0 Å². The molecule has 1 heteroatoms. The van der Waals surface area contributed by atoms with Gasteiger partial charge in [-0.1, -0.05) is 48.6 Å². The number of benzene rings is 2. The van der Waals surface area contributed by atoms with E-state index in [1.54, 1.807) is 0 Å². The average molecular weight is 222 g/mol. The zero-order valence-corrected chi connectivity index (χ0v) is 9.60. The Morgan fingerprint density at radius 3 is 2.59 bits per heavy atom. The number of hydrogen-bond donors (Lipinski definition) is 0. The number of fused-ring (bicyclic) bond motifs is 1. The molecule has 0 fully saturated rings. The summed E-state index contributed by atoms with van der Waals surface area (Å²) in [5, 5.41) is 0. The number of hydrogen-bond acceptors (Lipinski definition) is 1. The lowest BCUT2D eigenvalue weighted by atomic mass is 10.1. The second kappa shape index (κ2) is 4.46. The minimum Gasteiger partial charge on any atom is -0.493 e. The quantitative estimate of drug-likeness (QED) is 0.702. The van der Waals surface area contributed by atoms with Crippen molar-refractivity contribution in [2.75, 3.05) is 6.61 Å². The van der Waals surface area contributed by atoms with E-state index in [9.17, 15) is 0 Å². The van der Waals surface area contributed by atoms with Gasteiger partial charge in [0.25, 0.3) is 0 Å². The Hall–Kier alpha value is -2.02. The Bertz CT molecular complexity index is 541. The lowest BCUT2D eigenvalue weighted by Gasteiger charge is -1.99. The smallest absolute Gasteiger partial charge is 0.122 e. The molecule has 3 rings (SSSR count). The topological polar surface area (TPSA) is 9.23 Å². The minimum absolute atomic E-state index is 0.821. The van der Waals surface area contributed by atoms with Crippen molar-refractivity contribution in [1.82, 2.24) is 0 Å². The standard InChI is InChI=1S/C16H14O/c1-2-4-13(5-3-1)6-7-14-8-9-16-15(12-14)10-11-17-16/h1-9,12H,10-11H2/b7-6+. The molecule has 0 radical (unpaired) electrons. The molecule has 0 atom stereocenters. The lowest BCUT2D eigenvalue weighted by Crippen LogP contribution is -1.85. The predicted molar refractivity (Wildman–Crippen MR) is 71.0 cm³/mol. The molecule has 2 aromatic rings. The molecule has 0 unspecified atom stereocenters. The zero-order chi connectivity index (χ0) is 11.5. The van der Waals surface area contributed by atoms with Gasteiger partial charge < -0.3 is 4.74 Å². The summed E-state index contributed by atoms with van der Waals surface area (Å²) in [7, 11) is 0. The molecule has 2 aromatic carbocycles. The van der Waals surface area contributed by atoms with Crippen LogP contribution in [0.2, 0.25) is 0 Å². The fourth-order valence-electron chi connectivity index (χ4n) is 2.07. The van der Waals surface area contributed by atoms with Gasteiger partial charge in [0.15, 0.2) is 0 Å². The van der Waals surface area contributed by atoms with Gasteiger partial charge in [-0.3, -0.25) is 0 Å². The van der Waals surface area contributed by atoms with Crippen LogP contribution in [0, 0.1) is 0 Å². The Balaban J connectivity index is 1.84. The summed E-state index contributed by atoms with van der Waals surface area (Å²) < 4.78 is 5.49. The molecule has 1 aliphatic heterocycles. The molecule has 0 aliphatic carbocycles. The van der Waals surface area contributed by atoms with Crippen LogP contribution in [0.15, 0.2) is 48.5 Å². The third-order valence-corrected chi connectivity index (χ3v) is 2.98. The van der Waals surface area contributed by atoms with Crippen molar-refractivity contribution in [3.8, 4) is 5.75 Å². The molecule has 1 heterocycles. The summed E-state index contributed by atoms with van der Waals surface area (Å²) in [6.07, 6.45) is 5.31. The molecule has 1 aliphatic rings. The first-order chi connectivity index (χ1) is 8.42. The van der Waals surface area contributed by atoms with Crippen LogP contribution in [0.5, 0.6) is 5.75 Å². The molecule has 17 heavy (non-hydrogen) atoms. The third kappa shape index (κ3) is 2.23. The summed E-state index contributed by atoms with van der Waals surface area (Å²) in [6.45, 7) is 0.821. The monoisotopic (exact) mass is 222 g/mol. The molecular formula is C16H14O. The van der Waals surface area contributed by atoms with Crippen molar-refractivity contribution < 1.29 is 4.74 Å². The van der Waals surface area contributed by atoms with Crippen LogP contribution in [0.3, 0.4) is 0 Å². The fourth-order valence-corrected chi connectivity index (χ4v) is 2.07. The molecule has 0 saturated heterocycles. The zero-order valence-electron chi connectivity index (χ0n) is 9.60. The maximum absolute atomic E-state index is 5.49. The summed E-state index contributed by atoms with van der Waals surface area (Å²) >= 11 is 0. The molecule has 0 bridgehead atoms. The largest absolute Gasteiger partial charge is 0.493 e. The first-order valence-electron chi connectivity index (χ1n) is 5.91. The van der Waals surface area contributed by atoms with Crippen LogP contribution >= 0.6 is 0 Å². The van der Waals surface area contributed by atoms with E-state index in [1.165, 1.54) is 16.7 Å². The van der Waals surface area contributed by atoms with E-state index in [0.717, 1.165) is 18.8 Å². The molecular weight excluding hydrogens is 208 g/mol. The van der Waals surface area contributed by atoms with E-state index in [4.69, 9.17) is 4.74 Å². The Morgan fingerprint density at radius 1 is 0.882 bits per heavy atom. The second-order valence-electron chi connectivity index (χ2n) is 4.21. The highest BCUT2D eigenvalue weighted by Gasteiger charge is 2.10. The fraction of sp³-hybridized carbons (Fsp3) is 0.125. The normalized spacial score (nSPS) is 13.6. The Kier molecular flexibility index (Phi) is 2.66. The summed E-state index contributed by atoms with van der Waals surface area (Å²) in [4.78, 5) is 0. The van der Waals surface area contributed by atoms with Gasteiger partial charge in [-0.25, -0.2) is 0 Å². The second-order valence-corrected chi connectivity index (χ2v) is 4.21. The van der Waals surface area contributed by atoms with E-state index in [0.29, 0.717) is 0 Å². The molecule has 0 aromatic heterocycles. The first kappa shape index (κ1) is 10.2. The van der Waals surface area contributed by atoms with Crippen molar-refractivity contribution in [2.45, 2.75) is 6.42 Å².